The molecule has 0 fully saturated rings. The van der Waals surface area contributed by atoms with E-state index in [1.807, 2.05) is 0 Å². The molecule has 0 aromatic rings. The van der Waals surface area contributed by atoms with Crippen molar-refractivity contribution in [1.82, 2.24) is 0 Å². The molecule has 0 aliphatic rings. The average molecular weight is 358 g/mol. The van der Waals surface area contributed by atoms with Crippen molar-refractivity contribution in [2.45, 2.75) is 24.4 Å². The molecule has 128 valence electrons. The Labute approximate surface area is 117 Å². The molecule has 0 rings (SSSR count). The van der Waals surface area contributed by atoms with E-state index in [1.54, 1.807) is 0 Å². The third-order valence-corrected chi connectivity index (χ3v) is 2.18. The lowest BCUT2D eigenvalue weighted by atomic mass is 10.0. The number of phosphoric acid groups is 2. The van der Waals surface area contributed by atoms with Crippen molar-refractivity contribution in [2.24, 2.45) is 0 Å². The molecular weight excluding hydrogens is 342 g/mol. The summed E-state index contributed by atoms with van der Waals surface area (Å²) >= 11 is 0. The summed E-state index contributed by atoms with van der Waals surface area (Å²) in [6.45, 7) is -0.903. The number of hydrogen-bond donors (Lipinski definition) is 9. The Hall–Kier alpha value is -0.270. The first-order valence-corrected chi connectivity index (χ1v) is 7.95. The number of aldehydes is 1. The van der Waals surface area contributed by atoms with E-state index in [0.29, 0.717) is 0 Å². The van der Waals surface area contributed by atoms with Gasteiger partial charge in [0.2, 0.25) is 0 Å². The van der Waals surface area contributed by atoms with Crippen LogP contribution in [0.4, 0.5) is 0 Å². The van der Waals surface area contributed by atoms with E-state index in [1.165, 1.54) is 0 Å². The van der Waals surface area contributed by atoms with Gasteiger partial charge in [0.25, 0.3) is 0 Å². The van der Waals surface area contributed by atoms with E-state index >= 15 is 0 Å². The van der Waals surface area contributed by atoms with Crippen LogP contribution in [0.1, 0.15) is 0 Å². The van der Waals surface area contributed by atoms with Gasteiger partial charge in [-0.3, -0.25) is 4.52 Å². The van der Waals surface area contributed by atoms with Crippen LogP contribution in [0.5, 0.6) is 0 Å². The molecular formula is C6H16O13P2. The molecule has 0 unspecified atom stereocenters. The molecule has 13 nitrogen and oxygen atoms in total. The number of rotatable bonds is 7. The van der Waals surface area contributed by atoms with Crippen molar-refractivity contribution >= 4 is 21.9 Å². The van der Waals surface area contributed by atoms with Crippen LogP contribution in [-0.4, -0.2) is 82.2 Å². The number of aliphatic hydroxyl groups is 4. The van der Waals surface area contributed by atoms with Gasteiger partial charge in [-0.25, -0.2) is 9.13 Å². The molecule has 0 bridgehead atoms. The second-order valence-electron chi connectivity index (χ2n) is 3.44. The Morgan fingerprint density at radius 1 is 0.952 bits per heavy atom. The monoisotopic (exact) mass is 358 g/mol. The second kappa shape index (κ2) is 9.69. The summed E-state index contributed by atoms with van der Waals surface area (Å²) in [5.74, 6) is 0. The van der Waals surface area contributed by atoms with Gasteiger partial charge in [0.1, 0.15) is 18.3 Å². The van der Waals surface area contributed by atoms with Gasteiger partial charge in [0.15, 0.2) is 12.4 Å². The zero-order valence-electron chi connectivity index (χ0n) is 10.1. The Morgan fingerprint density at radius 2 is 1.33 bits per heavy atom. The molecule has 4 atom stereocenters. The van der Waals surface area contributed by atoms with E-state index in [9.17, 15) is 14.5 Å². The summed E-state index contributed by atoms with van der Waals surface area (Å²) in [6.07, 6.45) is -7.98. The summed E-state index contributed by atoms with van der Waals surface area (Å²) in [5.41, 5.74) is 0. The predicted octanol–water partition coefficient (Wildman–Crippen LogP) is -4.19. The molecule has 0 aliphatic carbocycles. The fraction of sp³-hybridized carbons (Fsp3) is 0.833. The molecule has 0 amide bonds. The molecule has 0 spiro atoms. The van der Waals surface area contributed by atoms with Gasteiger partial charge in [-0.2, -0.15) is 0 Å². The van der Waals surface area contributed by atoms with E-state index in [4.69, 9.17) is 44.4 Å². The minimum absolute atomic E-state index is 0.142. The molecule has 0 saturated carbocycles. The first-order chi connectivity index (χ1) is 9.22. The van der Waals surface area contributed by atoms with E-state index < -0.39 is 46.7 Å². The van der Waals surface area contributed by atoms with Crippen molar-refractivity contribution < 1.29 is 63.3 Å². The summed E-state index contributed by atoms with van der Waals surface area (Å²) in [5, 5.41) is 35.7. The maximum atomic E-state index is 10.4. The fourth-order valence-corrected chi connectivity index (χ4v) is 1.35. The third kappa shape index (κ3) is 14.4. The van der Waals surface area contributed by atoms with Gasteiger partial charge in [-0.1, -0.05) is 0 Å². The van der Waals surface area contributed by atoms with Crippen LogP contribution >= 0.6 is 15.6 Å². The molecule has 9 N–H and O–H groups in total. The van der Waals surface area contributed by atoms with Crippen molar-refractivity contribution in [3.63, 3.8) is 0 Å². The molecule has 0 aliphatic heterocycles. The first kappa shape index (κ1) is 23.0. The van der Waals surface area contributed by atoms with Gasteiger partial charge in [0.05, 0.1) is 6.61 Å². The van der Waals surface area contributed by atoms with Crippen molar-refractivity contribution in [1.29, 1.82) is 0 Å². The third-order valence-electron chi connectivity index (χ3n) is 1.66. The highest BCUT2D eigenvalue weighted by Gasteiger charge is 2.35. The van der Waals surface area contributed by atoms with Crippen LogP contribution in [0.3, 0.4) is 0 Å². The quantitative estimate of drug-likeness (QED) is 0.155. The summed E-state index contributed by atoms with van der Waals surface area (Å²) < 4.78 is 23.1. The van der Waals surface area contributed by atoms with Crippen LogP contribution in [0, 0.1) is 0 Å². The summed E-state index contributed by atoms with van der Waals surface area (Å²) in [6, 6.07) is 0. The number of hydrogen-bond acceptors (Lipinski definition) is 8. The number of carbonyl (C=O) groups excluding carboxylic acids is 1. The fourth-order valence-electron chi connectivity index (χ4n) is 0.856. The Balaban J connectivity index is 0. The molecule has 0 heterocycles. The Kier molecular flexibility index (Phi) is 10.6. The average Bonchev–Trinajstić information content (AvgIpc) is 2.29. The second-order valence-corrected chi connectivity index (χ2v) is 5.66. The normalized spacial score (nSPS) is 18.0. The summed E-state index contributed by atoms with van der Waals surface area (Å²) in [4.78, 5) is 48.7. The van der Waals surface area contributed by atoms with Crippen molar-refractivity contribution in [2.75, 3.05) is 6.61 Å². The maximum absolute atomic E-state index is 10.4. The minimum atomic E-state index is -5.02. The SMILES string of the molecule is O=C[C@H](OP(=O)(O)O)[C@@H](O)[C@H](O)[C@H](O)CO.O=P(O)(O)O. The number of phosphoric ester groups is 1. The van der Waals surface area contributed by atoms with Gasteiger partial charge >= 0.3 is 15.6 Å². The Morgan fingerprint density at radius 3 is 1.57 bits per heavy atom. The molecule has 0 radical (unpaired) electrons. The largest absolute Gasteiger partial charge is 0.470 e. The van der Waals surface area contributed by atoms with Crippen LogP contribution in [0.15, 0.2) is 0 Å². The van der Waals surface area contributed by atoms with Crippen LogP contribution in [0.25, 0.3) is 0 Å². The van der Waals surface area contributed by atoms with E-state index in [2.05, 4.69) is 4.52 Å². The number of carbonyl (C=O) groups is 1. The zero-order valence-corrected chi connectivity index (χ0v) is 11.9. The lowest BCUT2D eigenvalue weighted by Gasteiger charge is -2.25. The smallest absolute Gasteiger partial charge is 0.394 e. The molecule has 0 aromatic heterocycles. The zero-order chi connectivity index (χ0) is 17.4. The van der Waals surface area contributed by atoms with Crippen molar-refractivity contribution in [3.8, 4) is 0 Å². The van der Waals surface area contributed by atoms with Gasteiger partial charge < -0.3 is 49.7 Å². The van der Waals surface area contributed by atoms with E-state index in [0.717, 1.165) is 0 Å². The standard InChI is InChI=1S/C6H13O9P.H3O4P/c7-1-3(9)5(10)6(11)4(2-8)15-16(12,13)14;1-5(2,3)4/h2-7,9-11H,1H2,(H2,12,13,14);(H3,1,2,3,4)/t3-,4+,5-,6-;/m1./s1. The van der Waals surface area contributed by atoms with Crippen LogP contribution < -0.4 is 0 Å². The van der Waals surface area contributed by atoms with Gasteiger partial charge in [0, 0.05) is 0 Å². The van der Waals surface area contributed by atoms with E-state index in [-0.39, 0.29) is 6.29 Å². The highest BCUT2D eigenvalue weighted by molar-refractivity contribution is 7.46. The predicted molar refractivity (Wildman–Crippen MR) is 62.4 cm³/mol. The maximum Gasteiger partial charge on any atom is 0.470 e. The molecule has 0 saturated heterocycles. The minimum Gasteiger partial charge on any atom is -0.394 e. The lowest BCUT2D eigenvalue weighted by molar-refractivity contribution is -0.135. The Bertz CT molecular complexity index is 378. The lowest BCUT2D eigenvalue weighted by Crippen LogP contribution is -2.47. The van der Waals surface area contributed by atoms with Crippen LogP contribution in [-0.2, 0) is 18.4 Å². The summed E-state index contributed by atoms with van der Waals surface area (Å²) in [7, 11) is -9.66. The molecule has 15 heteroatoms. The van der Waals surface area contributed by atoms with Crippen LogP contribution in [0.2, 0.25) is 0 Å². The highest BCUT2D eigenvalue weighted by atomic mass is 31.2. The van der Waals surface area contributed by atoms with Crippen molar-refractivity contribution in [3.05, 3.63) is 0 Å². The topological polar surface area (TPSA) is 243 Å². The van der Waals surface area contributed by atoms with Gasteiger partial charge in [-0.15, -0.1) is 0 Å². The van der Waals surface area contributed by atoms with Gasteiger partial charge in [-0.05, 0) is 0 Å². The molecule has 21 heavy (non-hydrogen) atoms. The molecule has 0 aromatic carbocycles. The first-order valence-electron chi connectivity index (χ1n) is 4.85. The highest BCUT2D eigenvalue weighted by Crippen LogP contribution is 2.38. The number of aliphatic hydroxyl groups excluding tert-OH is 4.